The van der Waals surface area contributed by atoms with E-state index in [9.17, 15) is 9.59 Å². The van der Waals surface area contributed by atoms with Gasteiger partial charge < -0.3 is 15.0 Å². The Morgan fingerprint density at radius 3 is 2.33 bits per heavy atom. The molecule has 2 atom stereocenters. The van der Waals surface area contributed by atoms with Crippen LogP contribution in [0, 0.1) is 0 Å². The van der Waals surface area contributed by atoms with E-state index in [1.54, 1.807) is 42.5 Å². The highest BCUT2D eigenvalue weighted by Gasteiger charge is 2.31. The van der Waals surface area contributed by atoms with Crippen molar-refractivity contribution in [1.82, 2.24) is 10.2 Å². The zero-order chi connectivity index (χ0) is 26.1. The van der Waals surface area contributed by atoms with Gasteiger partial charge in [-0.1, -0.05) is 84.2 Å². The first-order valence-electron chi connectivity index (χ1n) is 11.7. The SMILES string of the molecule is CCC(C)NC(=O)C(Cc1ccccc1)N(Cc1ccc(Cl)c(Cl)c1)C(=O)COc1cccc(Cl)c1. The van der Waals surface area contributed by atoms with Gasteiger partial charge >= 0.3 is 0 Å². The van der Waals surface area contributed by atoms with Crippen LogP contribution >= 0.6 is 34.8 Å². The number of carbonyl (C=O) groups excluding carboxylic acids is 2. The Kier molecular flexibility index (Phi) is 10.5. The third kappa shape index (κ3) is 8.16. The van der Waals surface area contributed by atoms with Crippen molar-refractivity contribution in [1.29, 1.82) is 0 Å². The summed E-state index contributed by atoms with van der Waals surface area (Å²) in [6.07, 6.45) is 1.11. The molecule has 0 aliphatic carbocycles. The molecular formula is C28H29Cl3N2O3. The van der Waals surface area contributed by atoms with Crippen molar-refractivity contribution < 1.29 is 14.3 Å². The summed E-state index contributed by atoms with van der Waals surface area (Å²) in [5.41, 5.74) is 1.68. The second-order valence-corrected chi connectivity index (χ2v) is 9.79. The maximum atomic E-state index is 13.6. The van der Waals surface area contributed by atoms with Gasteiger partial charge in [0.2, 0.25) is 5.91 Å². The number of nitrogens with one attached hydrogen (secondary N) is 1. The molecule has 0 spiro atoms. The Hall–Kier alpha value is -2.73. The van der Waals surface area contributed by atoms with Gasteiger partial charge in [-0.25, -0.2) is 0 Å². The predicted molar refractivity (Wildman–Crippen MR) is 146 cm³/mol. The summed E-state index contributed by atoms with van der Waals surface area (Å²) in [6.45, 7) is 3.82. The number of hydrogen-bond donors (Lipinski definition) is 1. The fourth-order valence-electron chi connectivity index (χ4n) is 3.61. The van der Waals surface area contributed by atoms with E-state index in [-0.39, 0.29) is 31.0 Å². The van der Waals surface area contributed by atoms with Crippen molar-refractivity contribution in [2.45, 2.75) is 45.3 Å². The molecule has 2 amide bonds. The van der Waals surface area contributed by atoms with Gasteiger partial charge in [0.1, 0.15) is 11.8 Å². The fourth-order valence-corrected chi connectivity index (χ4v) is 4.12. The van der Waals surface area contributed by atoms with Crippen LogP contribution in [0.1, 0.15) is 31.4 Å². The van der Waals surface area contributed by atoms with Crippen LogP contribution in [0.15, 0.2) is 72.8 Å². The summed E-state index contributed by atoms with van der Waals surface area (Å²) in [7, 11) is 0. The second kappa shape index (κ2) is 13.5. The average molecular weight is 548 g/mol. The molecule has 5 nitrogen and oxygen atoms in total. The third-order valence-electron chi connectivity index (χ3n) is 5.77. The highest BCUT2D eigenvalue weighted by Crippen LogP contribution is 2.25. The number of rotatable bonds is 11. The van der Waals surface area contributed by atoms with Gasteiger partial charge in [0.05, 0.1) is 10.0 Å². The topological polar surface area (TPSA) is 58.6 Å². The van der Waals surface area contributed by atoms with Crippen LogP contribution in [0.5, 0.6) is 5.75 Å². The van der Waals surface area contributed by atoms with Gasteiger partial charge in [0.25, 0.3) is 5.91 Å². The highest BCUT2D eigenvalue weighted by molar-refractivity contribution is 6.42. The zero-order valence-electron chi connectivity index (χ0n) is 20.2. The molecule has 0 saturated carbocycles. The summed E-state index contributed by atoms with van der Waals surface area (Å²) >= 11 is 18.4. The smallest absolute Gasteiger partial charge is 0.261 e. The maximum absolute atomic E-state index is 13.6. The van der Waals surface area contributed by atoms with Crippen molar-refractivity contribution in [3.05, 3.63) is 99.0 Å². The van der Waals surface area contributed by atoms with E-state index in [2.05, 4.69) is 5.32 Å². The first-order chi connectivity index (χ1) is 17.3. The first-order valence-corrected chi connectivity index (χ1v) is 12.9. The van der Waals surface area contributed by atoms with Crippen LogP contribution in [0.25, 0.3) is 0 Å². The van der Waals surface area contributed by atoms with Gasteiger partial charge in [-0.3, -0.25) is 9.59 Å². The number of amides is 2. The Balaban J connectivity index is 1.93. The van der Waals surface area contributed by atoms with Crippen molar-refractivity contribution in [3.63, 3.8) is 0 Å². The predicted octanol–water partition coefficient (Wildman–Crippen LogP) is 6.58. The Bertz CT molecular complexity index is 1170. The largest absolute Gasteiger partial charge is 0.484 e. The lowest BCUT2D eigenvalue weighted by Gasteiger charge is -2.32. The van der Waals surface area contributed by atoms with Crippen molar-refractivity contribution in [2.24, 2.45) is 0 Å². The van der Waals surface area contributed by atoms with E-state index < -0.39 is 6.04 Å². The lowest BCUT2D eigenvalue weighted by Crippen LogP contribution is -2.53. The molecule has 0 aliphatic rings. The summed E-state index contributed by atoms with van der Waals surface area (Å²) in [5, 5.41) is 4.33. The summed E-state index contributed by atoms with van der Waals surface area (Å²) in [6, 6.07) is 20.8. The molecule has 0 aromatic heterocycles. The molecule has 8 heteroatoms. The monoisotopic (exact) mass is 546 g/mol. The number of nitrogens with zero attached hydrogens (tertiary/aromatic N) is 1. The molecule has 0 aliphatic heterocycles. The van der Waals surface area contributed by atoms with Crippen LogP contribution < -0.4 is 10.1 Å². The minimum atomic E-state index is -0.772. The molecule has 3 aromatic carbocycles. The summed E-state index contributed by atoms with van der Waals surface area (Å²) < 4.78 is 5.74. The van der Waals surface area contributed by atoms with Crippen LogP contribution in [-0.2, 0) is 22.6 Å². The minimum Gasteiger partial charge on any atom is -0.484 e. The highest BCUT2D eigenvalue weighted by atomic mass is 35.5. The number of benzene rings is 3. The van der Waals surface area contributed by atoms with Crippen LogP contribution in [0.2, 0.25) is 15.1 Å². The van der Waals surface area contributed by atoms with E-state index in [0.717, 1.165) is 17.5 Å². The molecular weight excluding hydrogens is 519 g/mol. The summed E-state index contributed by atoms with van der Waals surface area (Å²) in [5.74, 6) is -0.111. The van der Waals surface area contributed by atoms with Crippen LogP contribution in [-0.4, -0.2) is 35.4 Å². The minimum absolute atomic E-state index is 0.0413. The van der Waals surface area contributed by atoms with E-state index >= 15 is 0 Å². The van der Waals surface area contributed by atoms with Gasteiger partial charge in [0, 0.05) is 24.0 Å². The molecule has 36 heavy (non-hydrogen) atoms. The average Bonchev–Trinajstić information content (AvgIpc) is 2.87. The van der Waals surface area contributed by atoms with Crippen molar-refractivity contribution in [3.8, 4) is 5.75 Å². The Labute approximate surface area is 227 Å². The Morgan fingerprint density at radius 2 is 1.67 bits per heavy atom. The van der Waals surface area contributed by atoms with Gasteiger partial charge in [0.15, 0.2) is 6.61 Å². The maximum Gasteiger partial charge on any atom is 0.261 e. The lowest BCUT2D eigenvalue weighted by molar-refractivity contribution is -0.143. The molecule has 190 valence electrons. The number of carbonyl (C=O) groups is 2. The van der Waals surface area contributed by atoms with E-state index in [0.29, 0.717) is 27.2 Å². The van der Waals surface area contributed by atoms with E-state index in [1.165, 1.54) is 4.90 Å². The second-order valence-electron chi connectivity index (χ2n) is 8.54. The van der Waals surface area contributed by atoms with Gasteiger partial charge in [-0.05, 0) is 54.8 Å². The number of ether oxygens (including phenoxy) is 1. The fraction of sp³-hybridized carbons (Fsp3) is 0.286. The first kappa shape index (κ1) is 27.9. The van der Waals surface area contributed by atoms with Gasteiger partial charge in [-0.15, -0.1) is 0 Å². The molecule has 3 rings (SSSR count). The zero-order valence-corrected chi connectivity index (χ0v) is 22.5. The molecule has 0 radical (unpaired) electrons. The van der Waals surface area contributed by atoms with E-state index in [1.807, 2.05) is 44.2 Å². The van der Waals surface area contributed by atoms with Crippen molar-refractivity contribution >= 4 is 46.6 Å². The molecule has 0 heterocycles. The molecule has 0 bridgehead atoms. The lowest BCUT2D eigenvalue weighted by atomic mass is 10.0. The Morgan fingerprint density at radius 1 is 0.917 bits per heavy atom. The number of halogens is 3. The van der Waals surface area contributed by atoms with Crippen LogP contribution in [0.4, 0.5) is 0 Å². The van der Waals surface area contributed by atoms with Crippen LogP contribution in [0.3, 0.4) is 0 Å². The summed E-state index contributed by atoms with van der Waals surface area (Å²) in [4.78, 5) is 28.6. The quantitative estimate of drug-likeness (QED) is 0.295. The molecule has 3 aromatic rings. The molecule has 2 unspecified atom stereocenters. The van der Waals surface area contributed by atoms with Gasteiger partial charge in [-0.2, -0.15) is 0 Å². The standard InChI is InChI=1S/C28H29Cl3N2O3/c1-3-19(2)32-28(35)26(15-20-8-5-4-6-9-20)33(17-21-12-13-24(30)25(31)14-21)27(34)18-36-23-11-7-10-22(29)16-23/h4-14,16,19,26H,3,15,17-18H2,1-2H3,(H,32,35). The molecule has 0 saturated heterocycles. The molecule has 1 N–H and O–H groups in total. The van der Waals surface area contributed by atoms with E-state index in [4.69, 9.17) is 39.5 Å². The number of hydrogen-bond acceptors (Lipinski definition) is 3. The molecule has 0 fully saturated rings. The third-order valence-corrected chi connectivity index (χ3v) is 6.74. The normalized spacial score (nSPS) is 12.5. The van der Waals surface area contributed by atoms with Crippen molar-refractivity contribution in [2.75, 3.05) is 6.61 Å².